The number of nitro benzene ring substituents is 1. The van der Waals surface area contributed by atoms with Gasteiger partial charge in [0.1, 0.15) is 0 Å². The molecule has 1 heterocycles. The number of nitro groups is 1. The molecule has 3 rings (SSSR count). The molecule has 0 atom stereocenters. The molecule has 0 fully saturated rings. The average molecular weight is 447 g/mol. The number of fused-ring (bicyclic) bond motifs is 1. The van der Waals surface area contributed by atoms with Crippen LogP contribution in [0.3, 0.4) is 0 Å². The van der Waals surface area contributed by atoms with Gasteiger partial charge >= 0.3 is 10.4 Å². The second-order valence-corrected chi connectivity index (χ2v) is 8.37. The van der Waals surface area contributed by atoms with Crippen molar-refractivity contribution in [1.82, 2.24) is 4.98 Å². The summed E-state index contributed by atoms with van der Waals surface area (Å²) in [5.74, 6) is 0. The van der Waals surface area contributed by atoms with Gasteiger partial charge in [0.05, 0.1) is 19.7 Å². The average Bonchev–Trinajstić information content (AvgIpc) is 2.59. The fourth-order valence-corrected chi connectivity index (χ4v) is 4.28. The van der Waals surface area contributed by atoms with Crippen molar-refractivity contribution in [2.75, 3.05) is 0 Å². The van der Waals surface area contributed by atoms with Crippen LogP contribution in [-0.4, -0.2) is 35.8 Å². The number of halogens is 1. The van der Waals surface area contributed by atoms with Crippen molar-refractivity contribution in [3.63, 3.8) is 0 Å². The van der Waals surface area contributed by atoms with Crippen molar-refractivity contribution < 1.29 is 30.9 Å². The molecule has 0 saturated heterocycles. The molecule has 10 nitrogen and oxygen atoms in total. The van der Waals surface area contributed by atoms with Gasteiger partial charge in [-0.25, -0.2) is 8.42 Å². The first-order valence-electron chi connectivity index (χ1n) is 7.13. The Morgan fingerprint density at radius 1 is 1.00 bits per heavy atom. The van der Waals surface area contributed by atoms with Crippen LogP contribution in [0.15, 0.2) is 64.6 Å². The van der Waals surface area contributed by atoms with Crippen LogP contribution < -0.4 is 0 Å². The molecule has 0 aliphatic rings. The Kier molecular flexibility index (Phi) is 6.31. The molecule has 3 aromatic rings. The van der Waals surface area contributed by atoms with Gasteiger partial charge in [-0.05, 0) is 18.2 Å². The topological polar surface area (TPSA) is 165 Å². The van der Waals surface area contributed by atoms with E-state index in [0.717, 1.165) is 18.2 Å². The fourth-order valence-electron chi connectivity index (χ4n) is 2.27. The van der Waals surface area contributed by atoms with E-state index < -0.39 is 25.2 Å². The summed E-state index contributed by atoms with van der Waals surface area (Å²) in [7, 11) is -8.59. The second kappa shape index (κ2) is 8.16. The second-order valence-electron chi connectivity index (χ2n) is 5.18. The molecule has 0 radical (unpaired) electrons. The largest absolute Gasteiger partial charge is 0.394 e. The highest BCUT2D eigenvalue weighted by atomic mass is 35.5. The molecule has 0 saturated carbocycles. The highest BCUT2D eigenvalue weighted by molar-refractivity contribution is 7.91. The lowest BCUT2D eigenvalue weighted by molar-refractivity contribution is -0.384. The van der Waals surface area contributed by atoms with Crippen LogP contribution in [0.4, 0.5) is 5.69 Å². The standard InChI is InChI=1S/C15H9ClN2O4S.H2O4S/c16-13-8-11(18(19)20)4-5-15(13)23(21,22)14-3-1-2-10-9-17-7-6-12(10)14;1-5(2,3)4/h1-9H;(H2,1,2,3,4). The smallest absolute Gasteiger partial charge is 0.264 e. The van der Waals surface area contributed by atoms with Crippen molar-refractivity contribution in [2.45, 2.75) is 9.79 Å². The molecule has 0 bridgehead atoms. The van der Waals surface area contributed by atoms with Gasteiger partial charge in [-0.15, -0.1) is 0 Å². The maximum absolute atomic E-state index is 12.9. The molecule has 28 heavy (non-hydrogen) atoms. The number of nitrogens with zero attached hydrogens (tertiary/aromatic N) is 2. The highest BCUT2D eigenvalue weighted by Gasteiger charge is 2.24. The van der Waals surface area contributed by atoms with Gasteiger partial charge in [-0.1, -0.05) is 23.7 Å². The Balaban J connectivity index is 0.000000500. The summed E-state index contributed by atoms with van der Waals surface area (Å²) in [4.78, 5) is 14.0. The van der Waals surface area contributed by atoms with E-state index in [-0.39, 0.29) is 20.5 Å². The van der Waals surface area contributed by atoms with Gasteiger partial charge in [-0.3, -0.25) is 24.2 Å². The summed E-state index contributed by atoms with van der Waals surface area (Å²) >= 11 is 5.96. The van der Waals surface area contributed by atoms with Crippen molar-refractivity contribution in [1.29, 1.82) is 0 Å². The first kappa shape index (κ1) is 21.7. The summed E-state index contributed by atoms with van der Waals surface area (Å²) in [6.45, 7) is 0. The maximum atomic E-state index is 12.9. The van der Waals surface area contributed by atoms with Crippen LogP contribution in [0.25, 0.3) is 10.8 Å². The Hall–Kier alpha value is -2.64. The van der Waals surface area contributed by atoms with Crippen molar-refractivity contribution in [2.24, 2.45) is 0 Å². The SMILES string of the molecule is O=S(=O)(O)O.O=[N+]([O-])c1ccc(S(=O)(=O)c2cccc3cnccc23)c(Cl)c1. The molecule has 2 aromatic carbocycles. The Bertz CT molecular complexity index is 1250. The Morgan fingerprint density at radius 2 is 1.64 bits per heavy atom. The molecule has 0 amide bonds. The number of non-ortho nitro benzene ring substituents is 1. The normalized spacial score (nSPS) is 11.5. The summed E-state index contributed by atoms with van der Waals surface area (Å²) in [6.07, 6.45) is 3.06. The summed E-state index contributed by atoms with van der Waals surface area (Å²) < 4.78 is 57.3. The Morgan fingerprint density at radius 3 is 2.21 bits per heavy atom. The van der Waals surface area contributed by atoms with Crippen LogP contribution in [0.1, 0.15) is 0 Å². The minimum atomic E-state index is -4.67. The van der Waals surface area contributed by atoms with Crippen LogP contribution in [0, 0.1) is 10.1 Å². The van der Waals surface area contributed by atoms with E-state index in [1.807, 2.05) is 0 Å². The van der Waals surface area contributed by atoms with Gasteiger partial charge in [0.15, 0.2) is 0 Å². The predicted octanol–water partition coefficient (Wildman–Crippen LogP) is 2.98. The van der Waals surface area contributed by atoms with Crippen LogP contribution in [-0.2, 0) is 20.2 Å². The fraction of sp³-hybridized carbons (Fsp3) is 0. The first-order chi connectivity index (χ1) is 12.9. The molecular weight excluding hydrogens is 436 g/mol. The minimum Gasteiger partial charge on any atom is -0.264 e. The van der Waals surface area contributed by atoms with Gasteiger partial charge in [-0.2, -0.15) is 8.42 Å². The lowest BCUT2D eigenvalue weighted by Crippen LogP contribution is -2.04. The molecular formula is C15H11ClN2O8S2. The molecule has 0 aliphatic heterocycles. The van der Waals surface area contributed by atoms with Crippen molar-refractivity contribution >= 4 is 48.3 Å². The minimum absolute atomic E-state index is 0.0770. The zero-order chi connectivity index (χ0) is 21.1. The number of pyridine rings is 1. The molecule has 0 aliphatic carbocycles. The van der Waals surface area contributed by atoms with Gasteiger partial charge in [0.2, 0.25) is 9.84 Å². The highest BCUT2D eigenvalue weighted by Crippen LogP contribution is 2.33. The summed E-state index contributed by atoms with van der Waals surface area (Å²) in [5, 5.41) is 11.7. The molecule has 148 valence electrons. The van der Waals surface area contributed by atoms with Gasteiger partial charge in [0.25, 0.3) is 5.69 Å². The third-order valence-corrected chi connectivity index (χ3v) is 5.64. The van der Waals surface area contributed by atoms with E-state index in [1.165, 1.54) is 12.3 Å². The van der Waals surface area contributed by atoms with Gasteiger partial charge < -0.3 is 0 Å². The van der Waals surface area contributed by atoms with Gasteiger partial charge in [0, 0.05) is 35.3 Å². The van der Waals surface area contributed by atoms with E-state index in [1.54, 1.807) is 24.4 Å². The number of hydrogen-bond donors (Lipinski definition) is 2. The predicted molar refractivity (Wildman–Crippen MR) is 99.5 cm³/mol. The zero-order valence-electron chi connectivity index (χ0n) is 13.6. The van der Waals surface area contributed by atoms with E-state index >= 15 is 0 Å². The van der Waals surface area contributed by atoms with E-state index in [4.69, 9.17) is 29.1 Å². The quantitative estimate of drug-likeness (QED) is 0.349. The maximum Gasteiger partial charge on any atom is 0.394 e. The summed E-state index contributed by atoms with van der Waals surface area (Å²) in [6, 6.07) is 9.72. The third kappa shape index (κ3) is 5.21. The lowest BCUT2D eigenvalue weighted by Gasteiger charge is -2.09. The van der Waals surface area contributed by atoms with E-state index in [2.05, 4.69) is 4.98 Å². The monoisotopic (exact) mass is 446 g/mol. The van der Waals surface area contributed by atoms with E-state index in [9.17, 15) is 18.5 Å². The van der Waals surface area contributed by atoms with E-state index in [0.29, 0.717) is 10.8 Å². The first-order valence-corrected chi connectivity index (χ1v) is 10.4. The molecule has 2 N–H and O–H groups in total. The number of benzene rings is 2. The van der Waals surface area contributed by atoms with Crippen LogP contribution >= 0.6 is 11.6 Å². The van der Waals surface area contributed by atoms with Crippen LogP contribution in [0.5, 0.6) is 0 Å². The third-order valence-electron chi connectivity index (χ3n) is 3.35. The van der Waals surface area contributed by atoms with Crippen LogP contribution in [0.2, 0.25) is 5.02 Å². The summed E-state index contributed by atoms with van der Waals surface area (Å²) in [5.41, 5.74) is -0.268. The molecule has 0 spiro atoms. The number of aromatic nitrogens is 1. The van der Waals surface area contributed by atoms with Crippen molar-refractivity contribution in [3.8, 4) is 0 Å². The number of rotatable bonds is 3. The number of sulfone groups is 1. The molecule has 1 aromatic heterocycles. The Labute approximate surface area is 164 Å². The zero-order valence-corrected chi connectivity index (χ0v) is 16.0. The molecule has 0 unspecified atom stereocenters. The number of hydrogen-bond acceptors (Lipinski definition) is 7. The molecule has 13 heteroatoms. The van der Waals surface area contributed by atoms with Crippen molar-refractivity contribution in [3.05, 3.63) is 70.0 Å². The lowest BCUT2D eigenvalue weighted by atomic mass is 10.2.